The number of nitrogens with one attached hydrogen (secondary N) is 1. The van der Waals surface area contributed by atoms with Crippen molar-refractivity contribution in [3.63, 3.8) is 0 Å². The Morgan fingerprint density at radius 3 is 2.86 bits per heavy atom. The third kappa shape index (κ3) is 2.81. The molecule has 0 fully saturated rings. The molecule has 0 aliphatic rings. The third-order valence-corrected chi connectivity index (χ3v) is 4.09. The number of hydrogen-bond donors (Lipinski definition) is 2. The van der Waals surface area contributed by atoms with Crippen LogP contribution in [-0.4, -0.2) is 21.3 Å². The Balaban J connectivity index is 1.77. The molecular formula is C15H16N4OS. The minimum absolute atomic E-state index is 0.159. The number of benzene rings is 1. The van der Waals surface area contributed by atoms with Crippen molar-refractivity contribution in [2.45, 2.75) is 19.4 Å². The van der Waals surface area contributed by atoms with Gasteiger partial charge in [0.2, 0.25) is 5.91 Å². The van der Waals surface area contributed by atoms with Gasteiger partial charge in [-0.1, -0.05) is 19.1 Å². The Kier molecular flexibility index (Phi) is 3.72. The Morgan fingerprint density at radius 1 is 1.43 bits per heavy atom. The number of amides is 1. The van der Waals surface area contributed by atoms with E-state index >= 15 is 0 Å². The van der Waals surface area contributed by atoms with Gasteiger partial charge in [0.25, 0.3) is 0 Å². The molecule has 0 bridgehead atoms. The van der Waals surface area contributed by atoms with E-state index in [0.29, 0.717) is 6.42 Å². The van der Waals surface area contributed by atoms with Crippen molar-refractivity contribution in [2.75, 3.05) is 5.32 Å². The second-order valence-corrected chi connectivity index (χ2v) is 5.67. The van der Waals surface area contributed by atoms with Crippen LogP contribution in [-0.2, 0) is 4.79 Å². The van der Waals surface area contributed by atoms with E-state index in [9.17, 15) is 4.79 Å². The van der Waals surface area contributed by atoms with Crippen LogP contribution in [0, 0.1) is 0 Å². The van der Waals surface area contributed by atoms with E-state index in [1.165, 1.54) is 0 Å². The fourth-order valence-corrected chi connectivity index (χ4v) is 2.71. The average Bonchev–Trinajstić information content (AvgIpc) is 3.08. The van der Waals surface area contributed by atoms with Crippen molar-refractivity contribution < 1.29 is 4.79 Å². The van der Waals surface area contributed by atoms with E-state index in [2.05, 4.69) is 10.3 Å². The molecular weight excluding hydrogens is 284 g/mol. The molecule has 21 heavy (non-hydrogen) atoms. The number of imidazole rings is 1. The first-order chi connectivity index (χ1) is 10.2. The van der Waals surface area contributed by atoms with Crippen molar-refractivity contribution in [3.8, 4) is 11.3 Å². The highest BCUT2D eigenvalue weighted by Gasteiger charge is 2.11. The standard InChI is InChI=1S/C15H16N4OS/c1-2-12(16)14(20)17-11-5-3-10(4-6-11)13-9-19-7-8-21-15(19)18-13/h3-9,12H,2,16H2,1H3,(H,17,20)/t12-/m1/s1. The summed E-state index contributed by atoms with van der Waals surface area (Å²) in [5.41, 5.74) is 8.38. The second kappa shape index (κ2) is 5.67. The first-order valence-corrected chi connectivity index (χ1v) is 7.64. The number of hydrogen-bond acceptors (Lipinski definition) is 4. The number of fused-ring (bicyclic) bond motifs is 1. The molecule has 6 heteroatoms. The topological polar surface area (TPSA) is 72.4 Å². The minimum Gasteiger partial charge on any atom is -0.325 e. The Labute approximate surface area is 126 Å². The summed E-state index contributed by atoms with van der Waals surface area (Å²) in [7, 11) is 0. The van der Waals surface area contributed by atoms with Gasteiger partial charge in [-0.05, 0) is 18.6 Å². The molecule has 0 aliphatic heterocycles. The third-order valence-electron chi connectivity index (χ3n) is 3.32. The Morgan fingerprint density at radius 2 is 2.19 bits per heavy atom. The summed E-state index contributed by atoms with van der Waals surface area (Å²) < 4.78 is 2.00. The summed E-state index contributed by atoms with van der Waals surface area (Å²) in [4.78, 5) is 17.2. The fraction of sp³-hybridized carbons (Fsp3) is 0.200. The van der Waals surface area contributed by atoms with E-state index in [1.54, 1.807) is 11.3 Å². The van der Waals surface area contributed by atoms with Crippen molar-refractivity contribution >= 4 is 27.9 Å². The smallest absolute Gasteiger partial charge is 0.241 e. The monoisotopic (exact) mass is 300 g/mol. The molecule has 0 radical (unpaired) electrons. The zero-order chi connectivity index (χ0) is 14.8. The minimum atomic E-state index is -0.468. The van der Waals surface area contributed by atoms with E-state index < -0.39 is 6.04 Å². The lowest BCUT2D eigenvalue weighted by atomic mass is 10.1. The number of rotatable bonds is 4. The van der Waals surface area contributed by atoms with Gasteiger partial charge in [-0.3, -0.25) is 9.20 Å². The van der Waals surface area contributed by atoms with Crippen LogP contribution in [0.25, 0.3) is 16.2 Å². The molecule has 1 aromatic carbocycles. The first kappa shape index (κ1) is 13.8. The number of carbonyl (C=O) groups is 1. The predicted molar refractivity (Wildman–Crippen MR) is 85.4 cm³/mol. The van der Waals surface area contributed by atoms with Crippen molar-refractivity contribution in [2.24, 2.45) is 5.73 Å². The molecule has 0 aliphatic carbocycles. The maximum absolute atomic E-state index is 11.7. The summed E-state index contributed by atoms with van der Waals surface area (Å²) in [6.45, 7) is 1.89. The van der Waals surface area contributed by atoms with Crippen LogP contribution in [0.15, 0.2) is 42.0 Å². The Hall–Kier alpha value is -2.18. The normalized spacial score (nSPS) is 12.5. The highest BCUT2D eigenvalue weighted by Crippen LogP contribution is 2.23. The van der Waals surface area contributed by atoms with E-state index in [4.69, 9.17) is 5.73 Å². The number of nitrogens with two attached hydrogens (primary N) is 1. The van der Waals surface area contributed by atoms with Gasteiger partial charge < -0.3 is 11.1 Å². The lowest BCUT2D eigenvalue weighted by molar-refractivity contribution is -0.117. The van der Waals surface area contributed by atoms with Crippen LogP contribution < -0.4 is 11.1 Å². The maximum atomic E-state index is 11.7. The largest absolute Gasteiger partial charge is 0.325 e. The molecule has 3 N–H and O–H groups in total. The van der Waals surface area contributed by atoms with Gasteiger partial charge >= 0.3 is 0 Å². The first-order valence-electron chi connectivity index (χ1n) is 6.76. The molecule has 2 aromatic heterocycles. The van der Waals surface area contributed by atoms with E-state index in [0.717, 1.165) is 21.9 Å². The summed E-state index contributed by atoms with van der Waals surface area (Å²) in [5.74, 6) is -0.159. The van der Waals surface area contributed by atoms with E-state index in [1.807, 2.05) is 53.4 Å². The number of nitrogens with zero attached hydrogens (tertiary/aromatic N) is 2. The number of anilines is 1. The van der Waals surface area contributed by atoms with E-state index in [-0.39, 0.29) is 5.91 Å². The highest BCUT2D eigenvalue weighted by atomic mass is 32.1. The van der Waals surface area contributed by atoms with Gasteiger partial charge in [0.05, 0.1) is 11.7 Å². The van der Waals surface area contributed by atoms with Gasteiger partial charge in [0.15, 0.2) is 4.96 Å². The highest BCUT2D eigenvalue weighted by molar-refractivity contribution is 7.15. The average molecular weight is 300 g/mol. The molecule has 108 valence electrons. The molecule has 3 rings (SSSR count). The summed E-state index contributed by atoms with van der Waals surface area (Å²) in [5, 5.41) is 4.81. The number of aromatic nitrogens is 2. The zero-order valence-corrected chi connectivity index (χ0v) is 12.4. The van der Waals surface area contributed by atoms with Crippen molar-refractivity contribution in [3.05, 3.63) is 42.0 Å². The van der Waals surface area contributed by atoms with Crippen molar-refractivity contribution in [1.29, 1.82) is 0 Å². The second-order valence-electron chi connectivity index (χ2n) is 4.80. The van der Waals surface area contributed by atoms with Crippen molar-refractivity contribution in [1.82, 2.24) is 9.38 Å². The lowest BCUT2D eigenvalue weighted by Crippen LogP contribution is -2.34. The zero-order valence-electron chi connectivity index (χ0n) is 11.6. The van der Waals surface area contributed by atoms with Gasteiger partial charge in [-0.15, -0.1) is 11.3 Å². The predicted octanol–water partition coefficient (Wildman–Crippen LogP) is 2.74. The summed E-state index contributed by atoms with van der Waals surface area (Å²) in [6, 6.07) is 7.15. The molecule has 2 heterocycles. The van der Waals surface area contributed by atoms with Crippen LogP contribution >= 0.6 is 11.3 Å². The quantitative estimate of drug-likeness (QED) is 0.778. The number of carbonyl (C=O) groups excluding carboxylic acids is 1. The van der Waals surface area contributed by atoms with Gasteiger partial charge in [0.1, 0.15) is 0 Å². The fourth-order valence-electron chi connectivity index (χ4n) is 2.01. The van der Waals surface area contributed by atoms with Crippen LogP contribution in [0.5, 0.6) is 0 Å². The molecule has 5 nitrogen and oxygen atoms in total. The molecule has 0 unspecified atom stereocenters. The maximum Gasteiger partial charge on any atom is 0.241 e. The van der Waals surface area contributed by atoms with Gasteiger partial charge in [0, 0.05) is 29.0 Å². The summed E-state index contributed by atoms with van der Waals surface area (Å²) in [6.07, 6.45) is 4.60. The molecule has 3 aromatic rings. The molecule has 0 saturated heterocycles. The van der Waals surface area contributed by atoms with Gasteiger partial charge in [-0.2, -0.15) is 0 Å². The molecule has 1 atom stereocenters. The summed E-state index contributed by atoms with van der Waals surface area (Å²) >= 11 is 1.60. The van der Waals surface area contributed by atoms with Crippen LogP contribution in [0.3, 0.4) is 0 Å². The SMILES string of the molecule is CC[C@@H](N)C(=O)Nc1ccc(-c2cn3ccsc3n2)cc1. The van der Waals surface area contributed by atoms with Gasteiger partial charge in [-0.25, -0.2) is 4.98 Å². The molecule has 0 spiro atoms. The van der Waals surface area contributed by atoms with Crippen LogP contribution in [0.1, 0.15) is 13.3 Å². The van der Waals surface area contributed by atoms with Crippen LogP contribution in [0.2, 0.25) is 0 Å². The Bertz CT molecular complexity index is 731. The lowest BCUT2D eigenvalue weighted by Gasteiger charge is -2.10. The molecule has 0 saturated carbocycles. The molecule has 1 amide bonds. The number of thiazole rings is 1. The van der Waals surface area contributed by atoms with Crippen LogP contribution in [0.4, 0.5) is 5.69 Å².